The standard InChI is InChI=1S/C10H13ClO2/c1-4-13-9-6-8(12-3)5-7(2)10(9)11/h5-6H,4H2,1-3H3. The molecule has 3 heteroatoms. The number of methoxy groups -OCH3 is 1. The Morgan fingerprint density at radius 2 is 2.08 bits per heavy atom. The van der Waals surface area contributed by atoms with E-state index in [1.807, 2.05) is 19.9 Å². The predicted molar refractivity (Wildman–Crippen MR) is 53.9 cm³/mol. The molecule has 0 bridgehead atoms. The number of ether oxygens (including phenoxy) is 2. The molecule has 13 heavy (non-hydrogen) atoms. The molecule has 1 rings (SSSR count). The van der Waals surface area contributed by atoms with Crippen molar-refractivity contribution in [3.8, 4) is 11.5 Å². The number of aryl methyl sites for hydroxylation is 1. The Balaban J connectivity index is 3.09. The van der Waals surface area contributed by atoms with Crippen molar-refractivity contribution in [2.75, 3.05) is 13.7 Å². The van der Waals surface area contributed by atoms with Gasteiger partial charge in [-0.05, 0) is 25.5 Å². The van der Waals surface area contributed by atoms with Crippen LogP contribution in [0.15, 0.2) is 12.1 Å². The molecule has 0 saturated heterocycles. The zero-order chi connectivity index (χ0) is 9.84. The van der Waals surface area contributed by atoms with Gasteiger partial charge >= 0.3 is 0 Å². The lowest BCUT2D eigenvalue weighted by Gasteiger charge is -2.09. The summed E-state index contributed by atoms with van der Waals surface area (Å²) in [5.74, 6) is 1.45. The van der Waals surface area contributed by atoms with Crippen molar-refractivity contribution < 1.29 is 9.47 Å². The van der Waals surface area contributed by atoms with E-state index >= 15 is 0 Å². The minimum atomic E-state index is 0.603. The molecule has 1 aromatic carbocycles. The number of rotatable bonds is 3. The molecule has 0 aliphatic heterocycles. The first kappa shape index (κ1) is 10.2. The monoisotopic (exact) mass is 200 g/mol. The molecule has 0 aliphatic carbocycles. The van der Waals surface area contributed by atoms with Gasteiger partial charge in [0.15, 0.2) is 0 Å². The molecule has 72 valence electrons. The molecule has 0 aromatic heterocycles. The van der Waals surface area contributed by atoms with Crippen molar-refractivity contribution in [1.29, 1.82) is 0 Å². The van der Waals surface area contributed by atoms with Crippen molar-refractivity contribution in [2.24, 2.45) is 0 Å². The molecule has 0 atom stereocenters. The Hall–Kier alpha value is -0.890. The van der Waals surface area contributed by atoms with E-state index in [-0.39, 0.29) is 0 Å². The number of halogens is 1. The molecule has 0 fully saturated rings. The summed E-state index contributed by atoms with van der Waals surface area (Å²) in [6, 6.07) is 3.67. The first-order valence-electron chi connectivity index (χ1n) is 4.16. The molecule has 0 amide bonds. The number of hydrogen-bond donors (Lipinski definition) is 0. The third-order valence-electron chi connectivity index (χ3n) is 1.73. The zero-order valence-corrected chi connectivity index (χ0v) is 8.81. The summed E-state index contributed by atoms with van der Waals surface area (Å²) < 4.78 is 10.4. The van der Waals surface area contributed by atoms with Crippen LogP contribution in [-0.2, 0) is 0 Å². The summed E-state index contributed by atoms with van der Waals surface area (Å²) in [6.45, 7) is 4.45. The van der Waals surface area contributed by atoms with Crippen LogP contribution in [0.2, 0.25) is 5.02 Å². The van der Waals surface area contributed by atoms with E-state index in [1.165, 1.54) is 0 Å². The Kier molecular flexibility index (Phi) is 3.43. The summed E-state index contributed by atoms with van der Waals surface area (Å²) in [7, 11) is 1.62. The van der Waals surface area contributed by atoms with Crippen LogP contribution in [0.25, 0.3) is 0 Å². The lowest BCUT2D eigenvalue weighted by atomic mass is 10.2. The maximum atomic E-state index is 6.02. The molecule has 0 heterocycles. The Morgan fingerprint density at radius 1 is 1.38 bits per heavy atom. The Bertz CT molecular complexity index is 297. The van der Waals surface area contributed by atoms with Crippen LogP contribution in [0.1, 0.15) is 12.5 Å². The van der Waals surface area contributed by atoms with Gasteiger partial charge in [0.25, 0.3) is 0 Å². The van der Waals surface area contributed by atoms with Gasteiger partial charge in [-0.1, -0.05) is 11.6 Å². The summed E-state index contributed by atoms with van der Waals surface area (Å²) in [4.78, 5) is 0. The van der Waals surface area contributed by atoms with E-state index in [4.69, 9.17) is 21.1 Å². The molecule has 0 aliphatic rings. The molecule has 1 aromatic rings. The largest absolute Gasteiger partial charge is 0.497 e. The first-order valence-corrected chi connectivity index (χ1v) is 4.53. The summed E-state index contributed by atoms with van der Waals surface area (Å²) in [6.07, 6.45) is 0. The fourth-order valence-corrected chi connectivity index (χ4v) is 1.25. The molecule has 2 nitrogen and oxygen atoms in total. The van der Waals surface area contributed by atoms with Gasteiger partial charge in [0.1, 0.15) is 11.5 Å². The van der Waals surface area contributed by atoms with Crippen molar-refractivity contribution >= 4 is 11.6 Å². The van der Waals surface area contributed by atoms with Gasteiger partial charge in [-0.25, -0.2) is 0 Å². The lowest BCUT2D eigenvalue weighted by molar-refractivity contribution is 0.336. The highest BCUT2D eigenvalue weighted by atomic mass is 35.5. The van der Waals surface area contributed by atoms with Crippen LogP contribution >= 0.6 is 11.6 Å². The van der Waals surface area contributed by atoms with Crippen LogP contribution in [0.4, 0.5) is 0 Å². The second kappa shape index (κ2) is 4.38. The average Bonchev–Trinajstić information content (AvgIpc) is 2.13. The highest BCUT2D eigenvalue weighted by Crippen LogP contribution is 2.32. The van der Waals surface area contributed by atoms with Gasteiger partial charge in [0, 0.05) is 6.07 Å². The smallest absolute Gasteiger partial charge is 0.141 e. The molecule has 0 unspecified atom stereocenters. The van der Waals surface area contributed by atoms with Crippen LogP contribution in [-0.4, -0.2) is 13.7 Å². The minimum Gasteiger partial charge on any atom is -0.497 e. The molecule has 0 spiro atoms. The first-order chi connectivity index (χ1) is 6.19. The second-order valence-electron chi connectivity index (χ2n) is 2.69. The molecular formula is C10H13ClO2. The predicted octanol–water partition coefficient (Wildman–Crippen LogP) is 3.06. The lowest BCUT2D eigenvalue weighted by Crippen LogP contribution is -1.94. The van der Waals surface area contributed by atoms with E-state index in [0.29, 0.717) is 17.4 Å². The fourth-order valence-electron chi connectivity index (χ4n) is 1.08. The normalized spacial score (nSPS) is 9.85. The van der Waals surface area contributed by atoms with Crippen molar-refractivity contribution in [1.82, 2.24) is 0 Å². The third-order valence-corrected chi connectivity index (χ3v) is 2.21. The van der Waals surface area contributed by atoms with Gasteiger partial charge in [-0.2, -0.15) is 0 Å². The quantitative estimate of drug-likeness (QED) is 0.747. The summed E-state index contributed by atoms with van der Waals surface area (Å²) in [5, 5.41) is 0.655. The van der Waals surface area contributed by atoms with E-state index in [1.54, 1.807) is 13.2 Å². The van der Waals surface area contributed by atoms with Crippen molar-refractivity contribution in [2.45, 2.75) is 13.8 Å². The van der Waals surface area contributed by atoms with E-state index < -0.39 is 0 Å². The third kappa shape index (κ3) is 2.28. The van der Waals surface area contributed by atoms with Crippen molar-refractivity contribution in [3.63, 3.8) is 0 Å². The topological polar surface area (TPSA) is 18.5 Å². The van der Waals surface area contributed by atoms with E-state index in [2.05, 4.69) is 0 Å². The van der Waals surface area contributed by atoms with Gasteiger partial charge in [0.05, 0.1) is 18.7 Å². The second-order valence-corrected chi connectivity index (χ2v) is 3.07. The van der Waals surface area contributed by atoms with Gasteiger partial charge in [-0.15, -0.1) is 0 Å². The van der Waals surface area contributed by atoms with Gasteiger partial charge in [0.2, 0.25) is 0 Å². The zero-order valence-electron chi connectivity index (χ0n) is 8.06. The van der Waals surface area contributed by atoms with Gasteiger partial charge in [-0.3, -0.25) is 0 Å². The fraction of sp³-hybridized carbons (Fsp3) is 0.400. The number of hydrogen-bond acceptors (Lipinski definition) is 2. The van der Waals surface area contributed by atoms with Crippen LogP contribution in [0.5, 0.6) is 11.5 Å². The summed E-state index contributed by atoms with van der Waals surface area (Å²) >= 11 is 6.02. The highest BCUT2D eigenvalue weighted by Gasteiger charge is 2.06. The molecule has 0 N–H and O–H groups in total. The Labute approximate surface area is 83.4 Å². The van der Waals surface area contributed by atoms with Crippen LogP contribution in [0, 0.1) is 6.92 Å². The van der Waals surface area contributed by atoms with E-state index in [9.17, 15) is 0 Å². The van der Waals surface area contributed by atoms with E-state index in [0.717, 1.165) is 11.3 Å². The summed E-state index contributed by atoms with van der Waals surface area (Å²) in [5.41, 5.74) is 0.962. The molecular weight excluding hydrogens is 188 g/mol. The number of benzene rings is 1. The SMILES string of the molecule is CCOc1cc(OC)cc(C)c1Cl. The average molecular weight is 201 g/mol. The highest BCUT2D eigenvalue weighted by molar-refractivity contribution is 6.32. The van der Waals surface area contributed by atoms with Crippen LogP contribution in [0.3, 0.4) is 0 Å². The van der Waals surface area contributed by atoms with Crippen molar-refractivity contribution in [3.05, 3.63) is 22.7 Å². The molecule has 0 radical (unpaired) electrons. The van der Waals surface area contributed by atoms with Gasteiger partial charge < -0.3 is 9.47 Å². The van der Waals surface area contributed by atoms with Crippen LogP contribution < -0.4 is 9.47 Å². The maximum absolute atomic E-state index is 6.02. The Morgan fingerprint density at radius 3 is 2.62 bits per heavy atom. The molecule has 0 saturated carbocycles. The maximum Gasteiger partial charge on any atom is 0.141 e. The minimum absolute atomic E-state index is 0.603.